The molecular weight excluding hydrogens is 394 g/mol. The average Bonchev–Trinajstić information content (AvgIpc) is 2.83. The fourth-order valence-corrected chi connectivity index (χ4v) is 3.00. The van der Waals surface area contributed by atoms with Crippen molar-refractivity contribution in [1.29, 1.82) is 0 Å². The first-order valence-electron chi connectivity index (χ1n) is 9.80. The lowest BCUT2D eigenvalue weighted by atomic mass is 10.0. The number of benzene rings is 3. The van der Waals surface area contributed by atoms with Gasteiger partial charge in [0.25, 0.3) is 5.91 Å². The van der Waals surface area contributed by atoms with E-state index in [1.54, 1.807) is 86.0 Å². The molecule has 0 saturated heterocycles. The third kappa shape index (κ3) is 6.27. The van der Waals surface area contributed by atoms with Crippen LogP contribution in [0.15, 0.2) is 84.9 Å². The lowest BCUT2D eigenvalue weighted by Crippen LogP contribution is -2.31. The van der Waals surface area contributed by atoms with Gasteiger partial charge in [0.1, 0.15) is 5.75 Å². The molecule has 6 nitrogen and oxygen atoms in total. The van der Waals surface area contributed by atoms with E-state index < -0.39 is 12.0 Å². The zero-order valence-corrected chi connectivity index (χ0v) is 17.1. The van der Waals surface area contributed by atoms with Crippen LogP contribution in [0.1, 0.15) is 38.7 Å². The maximum atomic E-state index is 12.6. The first-order valence-corrected chi connectivity index (χ1v) is 9.80. The van der Waals surface area contributed by atoms with Crippen molar-refractivity contribution in [3.63, 3.8) is 0 Å². The lowest BCUT2D eigenvalue weighted by Gasteiger charge is -2.19. The summed E-state index contributed by atoms with van der Waals surface area (Å²) in [5, 5.41) is 2.87. The molecule has 0 unspecified atom stereocenters. The molecule has 0 heterocycles. The summed E-state index contributed by atoms with van der Waals surface area (Å²) in [4.78, 5) is 37.3. The molecule has 6 heteroatoms. The second-order valence-electron chi connectivity index (χ2n) is 6.82. The van der Waals surface area contributed by atoms with Crippen LogP contribution in [0, 0.1) is 0 Å². The number of amides is 1. The summed E-state index contributed by atoms with van der Waals surface area (Å²) in [6.45, 7) is -0.356. The Kier molecular flexibility index (Phi) is 7.54. The zero-order chi connectivity index (χ0) is 22.1. The van der Waals surface area contributed by atoms with Crippen LogP contribution in [-0.2, 0) is 9.53 Å². The number of nitrogens with one attached hydrogen (secondary N) is 1. The molecule has 0 radical (unpaired) electrons. The molecule has 1 atom stereocenters. The highest BCUT2D eigenvalue weighted by Gasteiger charge is 2.21. The summed E-state index contributed by atoms with van der Waals surface area (Å²) in [5.74, 6) is -0.524. The highest BCUT2D eigenvalue weighted by Crippen LogP contribution is 2.21. The minimum Gasteiger partial charge on any atom is -0.497 e. The third-order valence-corrected chi connectivity index (χ3v) is 4.69. The minimum absolute atomic E-state index is 0.118. The van der Waals surface area contributed by atoms with Crippen LogP contribution in [0.25, 0.3) is 0 Å². The number of ether oxygens (including phenoxy) is 2. The summed E-state index contributed by atoms with van der Waals surface area (Å²) in [6.07, 6.45) is -0.118. The smallest absolute Gasteiger partial charge is 0.308 e. The van der Waals surface area contributed by atoms with Gasteiger partial charge >= 0.3 is 5.97 Å². The Balaban J connectivity index is 1.68. The topological polar surface area (TPSA) is 81.7 Å². The van der Waals surface area contributed by atoms with Crippen LogP contribution in [0.3, 0.4) is 0 Å². The van der Waals surface area contributed by atoms with Crippen LogP contribution in [0.2, 0.25) is 0 Å². The van der Waals surface area contributed by atoms with Gasteiger partial charge in [0.15, 0.2) is 12.4 Å². The fraction of sp³-hybridized carbons (Fsp3) is 0.160. The molecule has 3 aromatic carbocycles. The Hall–Kier alpha value is -3.93. The highest BCUT2D eigenvalue weighted by molar-refractivity contribution is 5.98. The van der Waals surface area contributed by atoms with E-state index in [1.807, 2.05) is 6.07 Å². The predicted molar refractivity (Wildman–Crippen MR) is 116 cm³/mol. The number of methoxy groups -OCH3 is 1. The van der Waals surface area contributed by atoms with Gasteiger partial charge < -0.3 is 14.8 Å². The normalized spacial score (nSPS) is 11.3. The molecule has 3 rings (SSSR count). The SMILES string of the molecule is COc1ccc([C@H](CC(=O)OCC(=O)c2ccccc2)NC(=O)c2ccccc2)cc1. The van der Waals surface area contributed by atoms with Crippen molar-refractivity contribution in [2.75, 3.05) is 13.7 Å². The van der Waals surface area contributed by atoms with Crippen molar-refractivity contribution in [2.45, 2.75) is 12.5 Å². The molecular formula is C25H23NO5. The van der Waals surface area contributed by atoms with Gasteiger partial charge in [-0.05, 0) is 29.8 Å². The monoisotopic (exact) mass is 417 g/mol. The van der Waals surface area contributed by atoms with Crippen LogP contribution in [-0.4, -0.2) is 31.4 Å². The summed E-state index contributed by atoms with van der Waals surface area (Å²) >= 11 is 0. The first-order chi connectivity index (χ1) is 15.1. The summed E-state index contributed by atoms with van der Waals surface area (Å²) < 4.78 is 10.3. The molecule has 0 saturated carbocycles. The van der Waals surface area contributed by atoms with E-state index in [-0.39, 0.29) is 24.7 Å². The molecule has 1 amide bonds. The van der Waals surface area contributed by atoms with E-state index in [4.69, 9.17) is 9.47 Å². The molecule has 0 fully saturated rings. The van der Waals surface area contributed by atoms with Gasteiger partial charge in [0, 0.05) is 11.1 Å². The number of rotatable bonds is 9. The fourth-order valence-electron chi connectivity index (χ4n) is 3.00. The number of hydrogen-bond acceptors (Lipinski definition) is 5. The summed E-state index contributed by atoms with van der Waals surface area (Å²) in [7, 11) is 1.56. The molecule has 0 spiro atoms. The van der Waals surface area contributed by atoms with Gasteiger partial charge in [-0.15, -0.1) is 0 Å². The Morgan fingerprint density at radius 1 is 0.806 bits per heavy atom. The number of carbonyl (C=O) groups is 3. The molecule has 3 aromatic rings. The summed E-state index contributed by atoms with van der Waals surface area (Å²) in [5.41, 5.74) is 1.67. The van der Waals surface area contributed by atoms with Crippen LogP contribution < -0.4 is 10.1 Å². The van der Waals surface area contributed by atoms with Gasteiger partial charge in [-0.25, -0.2) is 0 Å². The number of esters is 1. The largest absolute Gasteiger partial charge is 0.497 e. The van der Waals surface area contributed by atoms with E-state index >= 15 is 0 Å². The standard InChI is InChI=1S/C25H23NO5/c1-30-21-14-12-18(13-15-21)22(26-25(29)20-10-6-3-7-11-20)16-24(28)31-17-23(27)19-8-4-2-5-9-19/h2-15,22H,16-17H2,1H3,(H,26,29)/t22-/m0/s1. The van der Waals surface area contributed by atoms with Gasteiger partial charge in [-0.3, -0.25) is 14.4 Å². The van der Waals surface area contributed by atoms with Crippen LogP contribution in [0.5, 0.6) is 5.75 Å². The van der Waals surface area contributed by atoms with E-state index in [1.165, 1.54) is 0 Å². The van der Waals surface area contributed by atoms with Gasteiger partial charge in [0.2, 0.25) is 0 Å². The van der Waals surface area contributed by atoms with Crippen molar-refractivity contribution in [3.8, 4) is 5.75 Å². The Labute approximate surface area is 180 Å². The zero-order valence-electron chi connectivity index (χ0n) is 17.1. The third-order valence-electron chi connectivity index (χ3n) is 4.69. The Morgan fingerprint density at radius 3 is 1.97 bits per heavy atom. The minimum atomic E-state index is -0.627. The first kappa shape index (κ1) is 21.8. The lowest BCUT2D eigenvalue weighted by molar-refractivity contribution is -0.143. The average molecular weight is 417 g/mol. The van der Waals surface area contributed by atoms with E-state index in [0.29, 0.717) is 16.9 Å². The van der Waals surface area contributed by atoms with Crippen LogP contribution >= 0.6 is 0 Å². The number of hydrogen-bond donors (Lipinski definition) is 1. The number of ketones is 1. The van der Waals surface area contributed by atoms with Crippen LogP contribution in [0.4, 0.5) is 0 Å². The quantitative estimate of drug-likeness (QED) is 0.421. The molecule has 0 aliphatic heterocycles. The number of Topliss-reactive ketones (excluding diaryl/α,β-unsaturated/α-hetero) is 1. The maximum absolute atomic E-state index is 12.6. The molecule has 158 valence electrons. The predicted octanol–water partition coefficient (Wildman–Crippen LogP) is 3.98. The molecule has 1 N–H and O–H groups in total. The van der Waals surface area contributed by atoms with E-state index in [9.17, 15) is 14.4 Å². The maximum Gasteiger partial charge on any atom is 0.308 e. The van der Waals surface area contributed by atoms with Crippen molar-refractivity contribution in [2.24, 2.45) is 0 Å². The van der Waals surface area contributed by atoms with E-state index in [0.717, 1.165) is 5.56 Å². The second kappa shape index (κ2) is 10.7. The second-order valence-corrected chi connectivity index (χ2v) is 6.82. The summed E-state index contributed by atoms with van der Waals surface area (Å²) in [6, 6.07) is 23.8. The van der Waals surface area contributed by atoms with Gasteiger partial charge in [0.05, 0.1) is 19.6 Å². The molecule has 0 bridgehead atoms. The molecule has 0 aliphatic carbocycles. The van der Waals surface area contributed by atoms with Gasteiger partial charge in [-0.2, -0.15) is 0 Å². The Morgan fingerprint density at radius 2 is 1.39 bits per heavy atom. The van der Waals surface area contributed by atoms with Crippen molar-refractivity contribution in [1.82, 2.24) is 5.32 Å². The molecule has 0 aromatic heterocycles. The highest BCUT2D eigenvalue weighted by atomic mass is 16.5. The molecule has 31 heavy (non-hydrogen) atoms. The Bertz CT molecular complexity index is 1020. The van der Waals surface area contributed by atoms with E-state index in [2.05, 4.69) is 5.32 Å². The van der Waals surface area contributed by atoms with Gasteiger partial charge in [-0.1, -0.05) is 60.7 Å². The van der Waals surface area contributed by atoms with Crippen molar-refractivity contribution < 1.29 is 23.9 Å². The van der Waals surface area contributed by atoms with Crippen molar-refractivity contribution >= 4 is 17.7 Å². The molecule has 0 aliphatic rings. The van der Waals surface area contributed by atoms with Crippen molar-refractivity contribution in [3.05, 3.63) is 102 Å². The number of carbonyl (C=O) groups excluding carboxylic acids is 3.